The van der Waals surface area contributed by atoms with Crippen LogP contribution >= 0.6 is 15.9 Å². The van der Waals surface area contributed by atoms with Crippen LogP contribution in [0.15, 0.2) is 0 Å². The molecule has 1 nitrogen and oxygen atoms in total. The van der Waals surface area contributed by atoms with Gasteiger partial charge in [-0.15, -0.1) is 0 Å². The third-order valence-corrected chi connectivity index (χ3v) is 1.32. The SMILES string of the molecule is OC[C@H](Br)C(F)(F)F. The maximum absolute atomic E-state index is 11.2. The van der Waals surface area contributed by atoms with Gasteiger partial charge < -0.3 is 5.11 Å². The van der Waals surface area contributed by atoms with Gasteiger partial charge in [0.25, 0.3) is 0 Å². The largest absolute Gasteiger partial charge is 0.403 e. The first-order valence-corrected chi connectivity index (χ1v) is 2.71. The van der Waals surface area contributed by atoms with Crippen LogP contribution in [0.5, 0.6) is 0 Å². The summed E-state index contributed by atoms with van der Waals surface area (Å²) in [6.07, 6.45) is -4.32. The van der Waals surface area contributed by atoms with Crippen molar-refractivity contribution in [1.82, 2.24) is 0 Å². The second kappa shape index (κ2) is 2.68. The Morgan fingerprint density at radius 3 is 1.88 bits per heavy atom. The maximum Gasteiger partial charge on any atom is 0.403 e. The van der Waals surface area contributed by atoms with Gasteiger partial charge in [0.05, 0.1) is 6.61 Å². The van der Waals surface area contributed by atoms with E-state index in [-0.39, 0.29) is 0 Å². The normalized spacial score (nSPS) is 16.1. The number of hydrogen-bond acceptors (Lipinski definition) is 1. The Morgan fingerprint density at radius 1 is 1.50 bits per heavy atom. The van der Waals surface area contributed by atoms with E-state index in [2.05, 4.69) is 15.9 Å². The highest BCUT2D eigenvalue weighted by molar-refractivity contribution is 9.09. The highest BCUT2D eigenvalue weighted by Crippen LogP contribution is 2.25. The van der Waals surface area contributed by atoms with Crippen LogP contribution in [0.25, 0.3) is 0 Å². The lowest BCUT2D eigenvalue weighted by Gasteiger charge is -2.09. The molecule has 0 aliphatic carbocycles. The Kier molecular flexibility index (Phi) is 2.76. The number of aliphatic hydroxyl groups excluding tert-OH is 1. The van der Waals surface area contributed by atoms with Crippen molar-refractivity contribution in [3.8, 4) is 0 Å². The molecule has 0 spiro atoms. The molecular formula is C3H4BrF3O. The van der Waals surface area contributed by atoms with Crippen molar-refractivity contribution >= 4 is 15.9 Å². The predicted octanol–water partition coefficient (Wildman–Crippen LogP) is 1.30. The fourth-order valence-electron chi connectivity index (χ4n) is 0.104. The topological polar surface area (TPSA) is 20.2 Å². The number of rotatable bonds is 1. The molecular weight excluding hydrogens is 189 g/mol. The minimum atomic E-state index is -4.32. The first-order valence-electron chi connectivity index (χ1n) is 1.80. The molecule has 0 unspecified atom stereocenters. The fourth-order valence-corrected chi connectivity index (χ4v) is 0.104. The van der Waals surface area contributed by atoms with Crippen molar-refractivity contribution in [3.05, 3.63) is 0 Å². The van der Waals surface area contributed by atoms with Crippen molar-refractivity contribution in [2.45, 2.75) is 11.0 Å². The van der Waals surface area contributed by atoms with E-state index in [0.29, 0.717) is 0 Å². The lowest BCUT2D eigenvalue weighted by atomic mass is 10.4. The van der Waals surface area contributed by atoms with E-state index in [1.54, 1.807) is 0 Å². The Balaban J connectivity index is 3.62. The van der Waals surface area contributed by atoms with E-state index >= 15 is 0 Å². The second-order valence-electron chi connectivity index (χ2n) is 1.19. The first kappa shape index (κ1) is 8.23. The molecule has 0 aromatic rings. The van der Waals surface area contributed by atoms with Gasteiger partial charge in [-0.25, -0.2) is 0 Å². The molecule has 0 radical (unpaired) electrons. The molecule has 0 heterocycles. The molecule has 0 amide bonds. The smallest absolute Gasteiger partial charge is 0.395 e. The molecule has 0 saturated heterocycles. The predicted molar refractivity (Wildman–Crippen MR) is 25.9 cm³/mol. The van der Waals surface area contributed by atoms with Crippen LogP contribution in [0.4, 0.5) is 13.2 Å². The molecule has 50 valence electrons. The van der Waals surface area contributed by atoms with Crippen LogP contribution in [0.1, 0.15) is 0 Å². The summed E-state index contributed by atoms with van der Waals surface area (Å²) < 4.78 is 33.7. The highest BCUT2D eigenvalue weighted by atomic mass is 79.9. The van der Waals surface area contributed by atoms with Gasteiger partial charge in [0, 0.05) is 0 Å². The van der Waals surface area contributed by atoms with Crippen LogP contribution < -0.4 is 0 Å². The van der Waals surface area contributed by atoms with Crippen LogP contribution in [0.2, 0.25) is 0 Å². The van der Waals surface area contributed by atoms with Gasteiger partial charge in [-0.3, -0.25) is 0 Å². The Hall–Kier alpha value is 0.230. The molecule has 0 aliphatic heterocycles. The third kappa shape index (κ3) is 2.52. The average Bonchev–Trinajstić information content (AvgIpc) is 1.62. The highest BCUT2D eigenvalue weighted by Gasteiger charge is 2.36. The molecule has 8 heavy (non-hydrogen) atoms. The number of aliphatic hydroxyl groups is 1. The Labute approximate surface area is 52.6 Å². The molecule has 0 aliphatic rings. The fraction of sp³-hybridized carbons (Fsp3) is 1.00. The lowest BCUT2D eigenvalue weighted by molar-refractivity contribution is -0.133. The molecule has 0 aromatic carbocycles. The number of hydrogen-bond donors (Lipinski definition) is 1. The van der Waals surface area contributed by atoms with Crippen molar-refractivity contribution in [2.24, 2.45) is 0 Å². The second-order valence-corrected chi connectivity index (χ2v) is 2.30. The summed E-state index contributed by atoms with van der Waals surface area (Å²) in [7, 11) is 0. The van der Waals surface area contributed by atoms with Gasteiger partial charge in [0.2, 0.25) is 0 Å². The Morgan fingerprint density at radius 2 is 1.88 bits per heavy atom. The third-order valence-electron chi connectivity index (χ3n) is 0.515. The van der Waals surface area contributed by atoms with Gasteiger partial charge in [0.15, 0.2) is 0 Å². The lowest BCUT2D eigenvalue weighted by Crippen LogP contribution is -2.25. The zero-order chi connectivity index (χ0) is 6.78. The van der Waals surface area contributed by atoms with Crippen LogP contribution in [-0.2, 0) is 0 Å². The summed E-state index contributed by atoms with van der Waals surface area (Å²) in [5.74, 6) is 0. The van der Waals surface area contributed by atoms with Crippen molar-refractivity contribution in [1.29, 1.82) is 0 Å². The van der Waals surface area contributed by atoms with Gasteiger partial charge in [-0.1, -0.05) is 15.9 Å². The molecule has 1 atom stereocenters. The zero-order valence-electron chi connectivity index (χ0n) is 3.74. The van der Waals surface area contributed by atoms with Gasteiger partial charge in [-0.2, -0.15) is 13.2 Å². The Bertz CT molecular complexity index is 71.4. The molecule has 5 heteroatoms. The van der Waals surface area contributed by atoms with Crippen LogP contribution in [0.3, 0.4) is 0 Å². The van der Waals surface area contributed by atoms with E-state index in [1.165, 1.54) is 0 Å². The summed E-state index contributed by atoms with van der Waals surface area (Å²) in [5, 5.41) is 7.90. The van der Waals surface area contributed by atoms with Gasteiger partial charge in [0.1, 0.15) is 4.83 Å². The minimum absolute atomic E-state index is 0.913. The van der Waals surface area contributed by atoms with Crippen molar-refractivity contribution < 1.29 is 18.3 Å². The summed E-state index contributed by atoms with van der Waals surface area (Å²) in [6.45, 7) is -0.913. The van der Waals surface area contributed by atoms with Crippen molar-refractivity contribution in [3.63, 3.8) is 0 Å². The molecule has 1 N–H and O–H groups in total. The number of halogens is 4. The zero-order valence-corrected chi connectivity index (χ0v) is 5.33. The van der Waals surface area contributed by atoms with Gasteiger partial charge in [-0.05, 0) is 0 Å². The average molecular weight is 193 g/mol. The van der Waals surface area contributed by atoms with E-state index in [9.17, 15) is 13.2 Å². The maximum atomic E-state index is 11.2. The molecule has 0 saturated carbocycles. The molecule has 0 bridgehead atoms. The van der Waals surface area contributed by atoms with Crippen molar-refractivity contribution in [2.75, 3.05) is 6.61 Å². The summed E-state index contributed by atoms with van der Waals surface area (Å²) in [6, 6.07) is 0. The summed E-state index contributed by atoms with van der Waals surface area (Å²) in [5.41, 5.74) is 0. The van der Waals surface area contributed by atoms with Crippen LogP contribution in [-0.4, -0.2) is 22.7 Å². The number of alkyl halides is 4. The quantitative estimate of drug-likeness (QED) is 0.622. The van der Waals surface area contributed by atoms with E-state index in [4.69, 9.17) is 5.11 Å². The van der Waals surface area contributed by atoms with Gasteiger partial charge >= 0.3 is 6.18 Å². The first-order chi connectivity index (χ1) is 3.48. The summed E-state index contributed by atoms with van der Waals surface area (Å²) in [4.78, 5) is -1.78. The van der Waals surface area contributed by atoms with E-state index in [1.807, 2.05) is 0 Å². The van der Waals surface area contributed by atoms with Crippen LogP contribution in [0, 0.1) is 0 Å². The molecule has 0 aromatic heterocycles. The summed E-state index contributed by atoms with van der Waals surface area (Å²) >= 11 is 2.22. The minimum Gasteiger partial charge on any atom is -0.395 e. The van der Waals surface area contributed by atoms with E-state index in [0.717, 1.165) is 0 Å². The van der Waals surface area contributed by atoms with E-state index < -0.39 is 17.6 Å². The molecule has 0 rings (SSSR count). The standard InChI is InChI=1S/C3H4BrF3O/c4-2(1-8)3(5,6)7/h2,8H,1H2/t2-/m0/s1. The molecule has 0 fully saturated rings. The monoisotopic (exact) mass is 192 g/mol.